The molecule has 5 atom stereocenters. The van der Waals surface area contributed by atoms with Crippen molar-refractivity contribution in [1.82, 2.24) is 0 Å². The van der Waals surface area contributed by atoms with Crippen LogP contribution in [0, 0.1) is 11.6 Å². The molecule has 55 heavy (non-hydrogen) atoms. The van der Waals surface area contributed by atoms with E-state index in [1.165, 1.54) is 19.2 Å². The Morgan fingerprint density at radius 1 is 0.745 bits per heavy atom. The maximum absolute atomic E-state index is 15.4. The number of hydrogen-bond acceptors (Lipinski definition) is 8. The van der Waals surface area contributed by atoms with Gasteiger partial charge in [0.25, 0.3) is 0 Å². The number of ether oxygens (including phenoxy) is 7. The van der Waals surface area contributed by atoms with E-state index < -0.39 is 47.3 Å². The largest absolute Gasteiger partial charge is 0.491 e. The van der Waals surface area contributed by atoms with Gasteiger partial charge in [-0.1, -0.05) is 115 Å². The van der Waals surface area contributed by atoms with E-state index in [1.54, 1.807) is 25.1 Å². The number of esters is 1. The third-order valence-electron chi connectivity index (χ3n) is 9.88. The highest BCUT2D eigenvalue weighted by Gasteiger charge is 2.73. The summed E-state index contributed by atoms with van der Waals surface area (Å²) in [7, 11) is 1.28. The van der Waals surface area contributed by atoms with Gasteiger partial charge in [-0.15, -0.1) is 0 Å². The highest BCUT2D eigenvalue weighted by atomic mass is 35.5. The zero-order valence-electron chi connectivity index (χ0n) is 30.4. The van der Waals surface area contributed by atoms with Crippen LogP contribution in [0.15, 0.2) is 121 Å². The van der Waals surface area contributed by atoms with E-state index >= 15 is 4.39 Å². The average Bonchev–Trinajstić information content (AvgIpc) is 3.59. The molecule has 0 N–H and O–H groups in total. The molecule has 0 radical (unpaired) electrons. The minimum absolute atomic E-state index is 0.0636. The van der Waals surface area contributed by atoms with Crippen LogP contribution < -0.4 is 4.74 Å². The second kappa shape index (κ2) is 17.0. The molecule has 5 aromatic carbocycles. The van der Waals surface area contributed by atoms with Gasteiger partial charge in [0, 0.05) is 17.0 Å². The van der Waals surface area contributed by atoms with Crippen molar-refractivity contribution in [1.29, 1.82) is 0 Å². The van der Waals surface area contributed by atoms with Gasteiger partial charge in [0.15, 0.2) is 11.6 Å². The van der Waals surface area contributed by atoms with Crippen LogP contribution in [-0.4, -0.2) is 50.2 Å². The Labute approximate surface area is 323 Å². The topological polar surface area (TPSA) is 81.7 Å². The molecule has 286 valence electrons. The normalized spacial score (nSPS) is 23.0. The van der Waals surface area contributed by atoms with E-state index in [0.29, 0.717) is 16.1 Å². The summed E-state index contributed by atoms with van der Waals surface area (Å²) >= 11 is 6.73. The van der Waals surface area contributed by atoms with Crippen molar-refractivity contribution in [3.8, 4) is 5.75 Å². The van der Waals surface area contributed by atoms with E-state index in [4.69, 9.17) is 44.8 Å². The molecule has 0 aromatic heterocycles. The van der Waals surface area contributed by atoms with E-state index in [9.17, 15) is 9.18 Å². The summed E-state index contributed by atoms with van der Waals surface area (Å²) in [6.07, 6.45) is -3.18. The monoisotopic (exact) mass is 770 g/mol. The minimum Gasteiger partial charge on any atom is -0.491 e. The quantitative estimate of drug-likeness (QED) is 0.0982. The van der Waals surface area contributed by atoms with Crippen LogP contribution in [-0.2, 0) is 65.2 Å². The summed E-state index contributed by atoms with van der Waals surface area (Å²) in [5, 5.41) is 0.296. The molecule has 2 heterocycles. The van der Waals surface area contributed by atoms with Crippen LogP contribution in [0.5, 0.6) is 5.75 Å². The number of benzene rings is 5. The number of hydrogen-bond donors (Lipinski definition) is 0. The molecular formula is C44H41ClF2O8. The van der Waals surface area contributed by atoms with Gasteiger partial charge >= 0.3 is 5.97 Å². The maximum Gasteiger partial charge on any atom is 0.343 e. The number of carbonyl (C=O) groups is 1. The van der Waals surface area contributed by atoms with Gasteiger partial charge < -0.3 is 33.2 Å². The first-order chi connectivity index (χ1) is 26.8. The third kappa shape index (κ3) is 7.89. The lowest BCUT2D eigenvalue weighted by Gasteiger charge is -2.49. The van der Waals surface area contributed by atoms with Gasteiger partial charge in [-0.2, -0.15) is 4.39 Å². The predicted molar refractivity (Wildman–Crippen MR) is 200 cm³/mol. The molecule has 2 bridgehead atoms. The van der Waals surface area contributed by atoms with Gasteiger partial charge in [0.2, 0.25) is 17.2 Å². The third-order valence-corrected chi connectivity index (χ3v) is 10.3. The number of fused-ring (bicyclic) bond motifs is 2. The Morgan fingerprint density at radius 2 is 1.33 bits per heavy atom. The van der Waals surface area contributed by atoms with Crippen molar-refractivity contribution in [2.24, 2.45) is 0 Å². The summed E-state index contributed by atoms with van der Waals surface area (Å²) in [5.41, 5.74) is 1.74. The van der Waals surface area contributed by atoms with Crippen molar-refractivity contribution in [2.75, 3.05) is 20.3 Å². The maximum atomic E-state index is 15.4. The molecule has 8 nitrogen and oxygen atoms in total. The molecule has 2 aliphatic rings. The molecule has 11 heteroatoms. The zero-order chi connectivity index (χ0) is 38.4. The van der Waals surface area contributed by atoms with Crippen molar-refractivity contribution >= 4 is 17.6 Å². The lowest BCUT2D eigenvalue weighted by Crippen LogP contribution is -2.69. The lowest BCUT2D eigenvalue weighted by molar-refractivity contribution is -0.345. The molecule has 2 fully saturated rings. The van der Waals surface area contributed by atoms with Gasteiger partial charge in [-0.3, -0.25) is 0 Å². The highest BCUT2D eigenvalue weighted by Crippen LogP contribution is 2.53. The SMILES string of the molecule is CCOc1ccc(Cc2cc([C@]34OC[C@](C(=O)OC)(O3)[C@@H](OCc3ccccc3)[C@H](OCc3ccccc3)[C@H]4OCc3ccccc3)ccc2Cl)c(F)c1F. The summed E-state index contributed by atoms with van der Waals surface area (Å²) in [4.78, 5) is 14.0. The second-order valence-electron chi connectivity index (χ2n) is 13.4. The summed E-state index contributed by atoms with van der Waals surface area (Å²) in [6, 6.07) is 36.6. The van der Waals surface area contributed by atoms with Crippen LogP contribution in [0.1, 0.15) is 40.3 Å². The molecule has 2 saturated heterocycles. The molecule has 0 aliphatic carbocycles. The van der Waals surface area contributed by atoms with E-state index in [-0.39, 0.29) is 50.8 Å². The second-order valence-corrected chi connectivity index (χ2v) is 13.8. The Morgan fingerprint density at radius 3 is 1.91 bits per heavy atom. The minimum atomic E-state index is -1.80. The molecule has 0 unspecified atom stereocenters. The Hall–Kier alpha value is -4.68. The zero-order valence-corrected chi connectivity index (χ0v) is 31.2. The van der Waals surface area contributed by atoms with Crippen LogP contribution in [0.3, 0.4) is 0 Å². The van der Waals surface area contributed by atoms with E-state index in [2.05, 4.69) is 0 Å². The van der Waals surface area contributed by atoms with E-state index in [1.807, 2.05) is 91.0 Å². The lowest BCUT2D eigenvalue weighted by atomic mass is 9.82. The van der Waals surface area contributed by atoms with Gasteiger partial charge in [0.1, 0.15) is 18.3 Å². The van der Waals surface area contributed by atoms with Crippen molar-refractivity contribution in [3.63, 3.8) is 0 Å². The van der Waals surface area contributed by atoms with Crippen molar-refractivity contribution in [2.45, 2.75) is 62.9 Å². The van der Waals surface area contributed by atoms with Crippen LogP contribution >= 0.6 is 11.6 Å². The Balaban J connectivity index is 1.34. The van der Waals surface area contributed by atoms with Crippen LogP contribution in [0.25, 0.3) is 0 Å². The van der Waals surface area contributed by atoms with Gasteiger partial charge in [0.05, 0.1) is 40.1 Å². The molecule has 5 aromatic rings. The summed E-state index contributed by atoms with van der Waals surface area (Å²) in [6.45, 7) is 1.98. The predicted octanol–water partition coefficient (Wildman–Crippen LogP) is 8.49. The highest BCUT2D eigenvalue weighted by molar-refractivity contribution is 6.31. The Kier molecular flexibility index (Phi) is 11.9. The van der Waals surface area contributed by atoms with Crippen LogP contribution in [0.2, 0.25) is 5.02 Å². The first kappa shape index (κ1) is 38.6. The molecular weight excluding hydrogens is 730 g/mol. The van der Waals surface area contributed by atoms with Crippen molar-refractivity contribution in [3.05, 3.63) is 171 Å². The van der Waals surface area contributed by atoms with Crippen LogP contribution in [0.4, 0.5) is 8.78 Å². The number of rotatable bonds is 15. The molecule has 2 aliphatic heterocycles. The Bertz CT molecular complexity index is 2070. The number of methoxy groups -OCH3 is 1. The fourth-order valence-electron chi connectivity index (χ4n) is 7.16. The van der Waals surface area contributed by atoms with Gasteiger partial charge in [-0.05, 0) is 52.9 Å². The fraction of sp³-hybridized carbons (Fsp3) is 0.295. The first-order valence-corrected chi connectivity index (χ1v) is 18.4. The smallest absolute Gasteiger partial charge is 0.343 e. The first-order valence-electron chi connectivity index (χ1n) is 18.1. The molecule has 7 rings (SSSR count). The summed E-state index contributed by atoms with van der Waals surface area (Å²) < 4.78 is 74.8. The van der Waals surface area contributed by atoms with Crippen molar-refractivity contribution < 1.29 is 46.7 Å². The fourth-order valence-corrected chi connectivity index (χ4v) is 7.35. The standard InChI is InChI=1S/C44H41ClF2O8/c1-3-50-36-22-19-32(37(46)38(36)47)23-33-24-34(20-21-35(33)45)44-41(53-27-31-17-11-6-12-18-31)39(51-25-29-13-7-4-8-14-29)40(52-26-30-15-9-5-10-16-30)43(55-44,28-54-44)42(48)49-2/h4-22,24,39-41H,3,23,25-28H2,1-2H3/t39-,40-,41+,43-,44-/m0/s1. The van der Waals surface area contributed by atoms with E-state index in [0.717, 1.165) is 16.7 Å². The molecule has 0 amide bonds. The van der Waals surface area contributed by atoms with Gasteiger partial charge in [-0.25, -0.2) is 9.18 Å². The average molecular weight is 771 g/mol. The molecule has 0 spiro atoms. The molecule has 0 saturated carbocycles. The summed E-state index contributed by atoms with van der Waals surface area (Å²) in [5.74, 6) is -4.81. The number of halogens is 3. The number of carbonyl (C=O) groups excluding carboxylic acids is 1.